The van der Waals surface area contributed by atoms with Crippen LogP contribution in [-0.2, 0) is 14.4 Å². The maximum atomic E-state index is 13.4. The lowest BCUT2D eigenvalue weighted by molar-refractivity contribution is 0.112. The zero-order chi connectivity index (χ0) is 23.3. The van der Waals surface area contributed by atoms with Crippen molar-refractivity contribution in [3.63, 3.8) is 0 Å². The minimum Gasteiger partial charge on any atom is -0.413 e. The maximum Gasteiger partial charge on any atom is 0.264 e. The zero-order valence-corrected chi connectivity index (χ0v) is 21.1. The summed E-state index contributed by atoms with van der Waals surface area (Å²) in [4.78, 5) is 11.4. The fourth-order valence-corrected chi connectivity index (χ4v) is 5.00. The van der Waals surface area contributed by atoms with E-state index in [2.05, 4.69) is 33.9 Å². The largest absolute Gasteiger partial charge is 0.413 e. The minimum absolute atomic E-state index is 0.108. The monoisotopic (exact) mass is 459 g/mol. The third kappa shape index (κ3) is 6.38. The summed E-state index contributed by atoms with van der Waals surface area (Å²) in [6.07, 6.45) is 4.37. The second kappa shape index (κ2) is 9.93. The van der Waals surface area contributed by atoms with Crippen molar-refractivity contribution in [3.05, 3.63) is 71.8 Å². The molecular formula is C24H33NO4SSi. The van der Waals surface area contributed by atoms with E-state index in [-0.39, 0.29) is 16.5 Å². The van der Waals surface area contributed by atoms with Gasteiger partial charge in [-0.1, -0.05) is 62.8 Å². The van der Waals surface area contributed by atoms with Crippen molar-refractivity contribution in [1.82, 2.24) is 0 Å². The average Bonchev–Trinajstić information content (AvgIpc) is 2.70. The van der Waals surface area contributed by atoms with Gasteiger partial charge in [0.2, 0.25) is 0 Å². The van der Waals surface area contributed by atoms with Crippen LogP contribution in [0.15, 0.2) is 65.6 Å². The normalized spacial score (nSPS) is 12.8. The van der Waals surface area contributed by atoms with Crippen LogP contribution in [0.5, 0.6) is 0 Å². The molecule has 2 rings (SSSR count). The molecule has 0 aliphatic carbocycles. The van der Waals surface area contributed by atoms with Gasteiger partial charge < -0.3 is 4.43 Å². The van der Waals surface area contributed by atoms with E-state index >= 15 is 0 Å². The molecule has 0 fully saturated rings. The highest BCUT2D eigenvalue weighted by Gasteiger charge is 2.36. The van der Waals surface area contributed by atoms with Gasteiger partial charge in [-0.05, 0) is 49.3 Å². The summed E-state index contributed by atoms with van der Waals surface area (Å²) in [6.45, 7) is 13.4. The van der Waals surface area contributed by atoms with Gasteiger partial charge >= 0.3 is 0 Å². The SMILES string of the molecule is Cc1ccc(S(=O)(=O)N(C/C=C/CO[Si](C)(C)C(C)(C)C)c2cccc(C=O)c2)cc1. The van der Waals surface area contributed by atoms with Crippen molar-refractivity contribution in [3.8, 4) is 0 Å². The molecule has 5 nitrogen and oxygen atoms in total. The molecule has 0 spiro atoms. The number of aldehydes is 1. The summed E-state index contributed by atoms with van der Waals surface area (Å²) in [5.41, 5.74) is 1.85. The molecule has 0 saturated heterocycles. The van der Waals surface area contributed by atoms with Crippen LogP contribution in [0, 0.1) is 6.92 Å². The Morgan fingerprint density at radius 1 is 1.03 bits per heavy atom. The van der Waals surface area contributed by atoms with Crippen LogP contribution in [0.4, 0.5) is 5.69 Å². The molecule has 0 N–H and O–H groups in total. The first-order chi connectivity index (χ1) is 14.4. The van der Waals surface area contributed by atoms with Crippen LogP contribution < -0.4 is 4.31 Å². The Balaban J connectivity index is 2.28. The zero-order valence-electron chi connectivity index (χ0n) is 19.3. The Morgan fingerprint density at radius 3 is 2.26 bits per heavy atom. The summed E-state index contributed by atoms with van der Waals surface area (Å²) in [6, 6.07) is 13.4. The van der Waals surface area contributed by atoms with Gasteiger partial charge in [0.25, 0.3) is 10.0 Å². The van der Waals surface area contributed by atoms with Crippen LogP contribution in [0.3, 0.4) is 0 Å². The first kappa shape index (κ1) is 25.0. The van der Waals surface area contributed by atoms with Gasteiger partial charge in [-0.15, -0.1) is 0 Å². The van der Waals surface area contributed by atoms with Gasteiger partial charge in [0.15, 0.2) is 8.32 Å². The van der Waals surface area contributed by atoms with Gasteiger partial charge in [-0.25, -0.2) is 8.42 Å². The molecule has 0 unspecified atom stereocenters. The van der Waals surface area contributed by atoms with Gasteiger partial charge in [0.1, 0.15) is 6.29 Å². The molecule has 0 atom stereocenters. The Kier molecular flexibility index (Phi) is 8.02. The van der Waals surface area contributed by atoms with E-state index < -0.39 is 18.3 Å². The number of aryl methyl sites for hydroxylation is 1. The van der Waals surface area contributed by atoms with E-state index in [0.717, 1.165) is 5.56 Å². The molecule has 0 radical (unpaired) electrons. The molecule has 0 saturated carbocycles. The number of carbonyl (C=O) groups excluding carboxylic acids is 1. The first-order valence-electron chi connectivity index (χ1n) is 10.3. The standard InChI is InChI=1S/C24H33NO4SSi/c1-20-12-14-23(15-13-20)30(27,28)25(22-11-9-10-21(18-22)19-26)16-7-8-17-29-31(5,6)24(2,3)4/h7-15,18-19H,16-17H2,1-6H3/b8-7+. The molecule has 0 heterocycles. The quantitative estimate of drug-likeness (QED) is 0.279. The van der Waals surface area contributed by atoms with Crippen LogP contribution in [-0.4, -0.2) is 36.2 Å². The van der Waals surface area contributed by atoms with Gasteiger partial charge in [-0.2, -0.15) is 0 Å². The molecule has 2 aromatic rings. The lowest BCUT2D eigenvalue weighted by atomic mass is 10.2. The van der Waals surface area contributed by atoms with Gasteiger partial charge in [0.05, 0.1) is 23.7 Å². The highest BCUT2D eigenvalue weighted by atomic mass is 32.2. The Bertz CT molecular complexity index is 1020. The number of sulfonamides is 1. The third-order valence-electron chi connectivity index (χ3n) is 5.69. The van der Waals surface area contributed by atoms with Crippen molar-refractivity contribution < 1.29 is 17.6 Å². The van der Waals surface area contributed by atoms with E-state index in [1.54, 1.807) is 54.6 Å². The number of benzene rings is 2. The summed E-state index contributed by atoms with van der Waals surface area (Å²) in [7, 11) is -5.68. The molecule has 2 aromatic carbocycles. The summed E-state index contributed by atoms with van der Waals surface area (Å²) >= 11 is 0. The van der Waals surface area contributed by atoms with Crippen molar-refractivity contribution in [2.75, 3.05) is 17.5 Å². The van der Waals surface area contributed by atoms with Crippen molar-refractivity contribution in [2.45, 2.75) is 50.7 Å². The van der Waals surface area contributed by atoms with E-state index in [1.165, 1.54) is 4.31 Å². The number of hydrogen-bond donors (Lipinski definition) is 0. The lowest BCUT2D eigenvalue weighted by Gasteiger charge is -2.35. The molecule has 0 bridgehead atoms. The Morgan fingerprint density at radius 2 is 1.68 bits per heavy atom. The van der Waals surface area contributed by atoms with E-state index in [0.29, 0.717) is 24.1 Å². The number of hydrogen-bond acceptors (Lipinski definition) is 4. The number of carbonyl (C=O) groups is 1. The topological polar surface area (TPSA) is 63.7 Å². The van der Waals surface area contributed by atoms with E-state index in [9.17, 15) is 13.2 Å². The molecule has 0 amide bonds. The smallest absolute Gasteiger partial charge is 0.264 e. The minimum atomic E-state index is -3.80. The highest BCUT2D eigenvalue weighted by Crippen LogP contribution is 2.36. The van der Waals surface area contributed by atoms with Crippen LogP contribution in [0.1, 0.15) is 36.7 Å². The summed E-state index contributed by atoms with van der Waals surface area (Å²) in [5.74, 6) is 0. The first-order valence-corrected chi connectivity index (χ1v) is 14.7. The molecule has 7 heteroatoms. The predicted octanol–water partition coefficient (Wildman–Crippen LogP) is 5.58. The van der Waals surface area contributed by atoms with Crippen molar-refractivity contribution in [1.29, 1.82) is 0 Å². The fourth-order valence-electron chi connectivity index (χ4n) is 2.64. The number of anilines is 1. The second-order valence-corrected chi connectivity index (χ2v) is 15.8. The lowest BCUT2D eigenvalue weighted by Crippen LogP contribution is -2.40. The molecular weight excluding hydrogens is 426 g/mol. The van der Waals surface area contributed by atoms with Crippen LogP contribution in [0.25, 0.3) is 0 Å². The molecule has 0 aliphatic heterocycles. The average molecular weight is 460 g/mol. The van der Waals surface area contributed by atoms with E-state index in [1.807, 2.05) is 13.0 Å². The highest BCUT2D eigenvalue weighted by molar-refractivity contribution is 7.92. The number of nitrogens with zero attached hydrogens (tertiary/aromatic N) is 1. The Labute approximate surface area is 187 Å². The maximum absolute atomic E-state index is 13.4. The second-order valence-electron chi connectivity index (χ2n) is 9.10. The van der Waals surface area contributed by atoms with Gasteiger partial charge in [-0.3, -0.25) is 9.10 Å². The predicted molar refractivity (Wildman–Crippen MR) is 130 cm³/mol. The van der Waals surface area contributed by atoms with E-state index in [4.69, 9.17) is 4.43 Å². The number of rotatable bonds is 9. The van der Waals surface area contributed by atoms with Crippen molar-refractivity contribution >= 4 is 30.3 Å². The van der Waals surface area contributed by atoms with Gasteiger partial charge in [0, 0.05) is 5.56 Å². The fraction of sp³-hybridized carbons (Fsp3) is 0.375. The van der Waals surface area contributed by atoms with Crippen LogP contribution in [0.2, 0.25) is 18.1 Å². The molecule has 31 heavy (non-hydrogen) atoms. The Hall–Kier alpha value is -2.22. The molecule has 0 aliphatic rings. The summed E-state index contributed by atoms with van der Waals surface area (Å²) in [5, 5.41) is 0.108. The molecule has 0 aromatic heterocycles. The van der Waals surface area contributed by atoms with Crippen molar-refractivity contribution in [2.24, 2.45) is 0 Å². The molecule has 168 valence electrons. The third-order valence-corrected chi connectivity index (χ3v) is 12.0. The summed E-state index contributed by atoms with van der Waals surface area (Å²) < 4.78 is 34.2. The van der Waals surface area contributed by atoms with Crippen LogP contribution >= 0.6 is 0 Å².